The molecule has 0 saturated heterocycles. The van der Waals surface area contributed by atoms with Crippen molar-refractivity contribution in [2.24, 2.45) is 4.99 Å². The molecule has 1 aromatic rings. The molecule has 2 N–H and O–H groups in total. The van der Waals surface area contributed by atoms with Crippen molar-refractivity contribution in [3.05, 3.63) is 78.0 Å². The zero-order chi connectivity index (χ0) is 20.3. The van der Waals surface area contributed by atoms with Gasteiger partial charge in [-0.15, -0.1) is 0 Å². The fourth-order valence-electron chi connectivity index (χ4n) is 2.60. The third-order valence-electron chi connectivity index (χ3n) is 3.96. The summed E-state index contributed by atoms with van der Waals surface area (Å²) in [4.78, 5) is 41.8. The standard InChI is InChI=1S/C20H16N2O6/c1-3-15(23)27-9-11-5-7-13(21-11)17-19(25)18(20(17)26)14-8-6-12(22-14)10-28-16(24)4-2/h3-8,21,25H,1-2,9-10H2/b18-14-. The first kappa shape index (κ1) is 18.8. The summed E-state index contributed by atoms with van der Waals surface area (Å²) < 4.78 is 9.79. The van der Waals surface area contributed by atoms with E-state index in [2.05, 4.69) is 23.1 Å². The molecule has 28 heavy (non-hydrogen) atoms. The van der Waals surface area contributed by atoms with Crippen molar-refractivity contribution in [2.75, 3.05) is 6.61 Å². The minimum Gasteiger partial charge on any atom is -0.506 e. The number of carbonyl (C=O) groups excluding carboxylic acids is 3. The molecule has 8 heteroatoms. The highest BCUT2D eigenvalue weighted by Crippen LogP contribution is 2.38. The zero-order valence-electron chi connectivity index (χ0n) is 14.7. The van der Waals surface area contributed by atoms with E-state index in [4.69, 9.17) is 9.47 Å². The molecule has 0 aromatic carbocycles. The van der Waals surface area contributed by atoms with Crippen LogP contribution < -0.4 is 0 Å². The Hall–Kier alpha value is -3.94. The Balaban J connectivity index is 1.75. The van der Waals surface area contributed by atoms with Gasteiger partial charge in [0.05, 0.1) is 33.9 Å². The second-order valence-corrected chi connectivity index (χ2v) is 5.77. The minimum atomic E-state index is -0.580. The zero-order valence-corrected chi connectivity index (χ0v) is 14.7. The van der Waals surface area contributed by atoms with Gasteiger partial charge in [0, 0.05) is 12.2 Å². The van der Waals surface area contributed by atoms with Crippen molar-refractivity contribution < 1.29 is 29.0 Å². The highest BCUT2D eigenvalue weighted by atomic mass is 16.5. The number of H-pyrrole nitrogens is 1. The van der Waals surface area contributed by atoms with Gasteiger partial charge in [0.25, 0.3) is 0 Å². The number of esters is 2. The number of aromatic nitrogens is 1. The summed E-state index contributed by atoms with van der Waals surface area (Å²) >= 11 is 0. The molecular weight excluding hydrogens is 364 g/mol. The van der Waals surface area contributed by atoms with E-state index in [0.717, 1.165) is 12.2 Å². The quantitative estimate of drug-likeness (QED) is 0.552. The van der Waals surface area contributed by atoms with Crippen molar-refractivity contribution in [2.45, 2.75) is 6.61 Å². The number of carbonyl (C=O) groups is 3. The predicted octanol–water partition coefficient (Wildman–Crippen LogP) is 2.09. The SMILES string of the molecule is C=CC(=O)OCC1=N/C(=C2\C(=O)C(c3ccc(COC(=O)C=C)[nH]3)=C2O)C=C1. The summed E-state index contributed by atoms with van der Waals surface area (Å²) in [6.45, 7) is 6.53. The number of aromatic amines is 1. The van der Waals surface area contributed by atoms with Crippen LogP contribution in [0.2, 0.25) is 0 Å². The van der Waals surface area contributed by atoms with Gasteiger partial charge in [-0.05, 0) is 24.3 Å². The third-order valence-corrected chi connectivity index (χ3v) is 3.96. The molecule has 0 atom stereocenters. The number of allylic oxidation sites excluding steroid dienone is 3. The lowest BCUT2D eigenvalue weighted by Crippen LogP contribution is -2.22. The largest absolute Gasteiger partial charge is 0.506 e. The average molecular weight is 380 g/mol. The lowest BCUT2D eigenvalue weighted by atomic mass is 9.85. The predicted molar refractivity (Wildman–Crippen MR) is 100 cm³/mol. The Labute approximate surface area is 159 Å². The number of hydrogen-bond donors (Lipinski definition) is 2. The Morgan fingerprint density at radius 3 is 2.39 bits per heavy atom. The highest BCUT2D eigenvalue weighted by molar-refractivity contribution is 6.39. The molecular formula is C20H16N2O6. The van der Waals surface area contributed by atoms with E-state index >= 15 is 0 Å². The van der Waals surface area contributed by atoms with E-state index in [0.29, 0.717) is 22.8 Å². The number of aliphatic imine (C=N–C) groups is 1. The van der Waals surface area contributed by atoms with Crippen LogP contribution in [0.1, 0.15) is 11.4 Å². The van der Waals surface area contributed by atoms with Gasteiger partial charge in [0.2, 0.25) is 5.78 Å². The number of rotatable bonds is 7. The molecule has 1 aromatic heterocycles. The monoisotopic (exact) mass is 380 g/mol. The van der Waals surface area contributed by atoms with Crippen LogP contribution in [0.4, 0.5) is 0 Å². The molecule has 0 saturated carbocycles. The fraction of sp³-hybridized carbons (Fsp3) is 0.100. The topological polar surface area (TPSA) is 118 Å². The van der Waals surface area contributed by atoms with Gasteiger partial charge in [-0.1, -0.05) is 13.2 Å². The molecule has 8 nitrogen and oxygen atoms in total. The molecule has 3 rings (SSSR count). The number of aliphatic hydroxyl groups excluding tert-OH is 1. The smallest absolute Gasteiger partial charge is 0.330 e. The Bertz CT molecular complexity index is 1020. The summed E-state index contributed by atoms with van der Waals surface area (Å²) in [5.41, 5.74) is 1.91. The van der Waals surface area contributed by atoms with Crippen LogP contribution in [-0.2, 0) is 30.5 Å². The second-order valence-electron chi connectivity index (χ2n) is 5.77. The molecule has 2 aliphatic rings. The van der Waals surface area contributed by atoms with E-state index in [-0.39, 0.29) is 35.9 Å². The van der Waals surface area contributed by atoms with E-state index in [9.17, 15) is 19.5 Å². The van der Waals surface area contributed by atoms with Crippen molar-refractivity contribution in [1.29, 1.82) is 0 Å². The molecule has 0 unspecified atom stereocenters. The first-order valence-corrected chi connectivity index (χ1v) is 8.19. The molecule has 0 amide bonds. The lowest BCUT2D eigenvalue weighted by Gasteiger charge is -2.21. The maximum absolute atomic E-state index is 12.5. The number of Topliss-reactive ketones (excluding diaryl/α,β-unsaturated/α-hetero) is 1. The van der Waals surface area contributed by atoms with Crippen LogP contribution in [0, 0.1) is 0 Å². The molecule has 0 radical (unpaired) electrons. The Morgan fingerprint density at radius 2 is 1.75 bits per heavy atom. The van der Waals surface area contributed by atoms with Gasteiger partial charge < -0.3 is 19.6 Å². The molecule has 142 valence electrons. The van der Waals surface area contributed by atoms with Gasteiger partial charge in [-0.3, -0.25) is 4.79 Å². The van der Waals surface area contributed by atoms with Crippen LogP contribution >= 0.6 is 0 Å². The summed E-state index contributed by atoms with van der Waals surface area (Å²) in [5.74, 6) is -1.70. The fourth-order valence-corrected chi connectivity index (χ4v) is 2.60. The van der Waals surface area contributed by atoms with E-state index in [1.165, 1.54) is 0 Å². The van der Waals surface area contributed by atoms with Gasteiger partial charge >= 0.3 is 11.9 Å². The van der Waals surface area contributed by atoms with Gasteiger partial charge in [-0.2, -0.15) is 0 Å². The minimum absolute atomic E-state index is 0.0130. The molecule has 1 aliphatic heterocycles. The summed E-state index contributed by atoms with van der Waals surface area (Å²) in [5, 5.41) is 10.3. The first-order valence-electron chi connectivity index (χ1n) is 8.19. The molecule has 0 fully saturated rings. The second kappa shape index (κ2) is 7.75. The number of aliphatic hydroxyl groups is 1. The summed E-state index contributed by atoms with van der Waals surface area (Å²) in [6, 6.07) is 3.25. The van der Waals surface area contributed by atoms with Gasteiger partial charge in [-0.25, -0.2) is 14.6 Å². The van der Waals surface area contributed by atoms with Crippen molar-refractivity contribution >= 4 is 29.0 Å². The number of nitrogens with one attached hydrogen (secondary N) is 1. The van der Waals surface area contributed by atoms with Crippen LogP contribution in [0.3, 0.4) is 0 Å². The van der Waals surface area contributed by atoms with Crippen molar-refractivity contribution in [3.63, 3.8) is 0 Å². The number of nitrogens with zero attached hydrogens (tertiary/aromatic N) is 1. The van der Waals surface area contributed by atoms with E-state index in [1.54, 1.807) is 24.3 Å². The number of hydrogen-bond acceptors (Lipinski definition) is 7. The lowest BCUT2D eigenvalue weighted by molar-refractivity contribution is -0.139. The van der Waals surface area contributed by atoms with Gasteiger partial charge in [0.15, 0.2) is 0 Å². The Kier molecular flexibility index (Phi) is 5.21. The van der Waals surface area contributed by atoms with Crippen LogP contribution in [0.25, 0.3) is 5.57 Å². The normalized spacial score (nSPS) is 17.9. The van der Waals surface area contributed by atoms with E-state index < -0.39 is 11.9 Å². The molecule has 1 aliphatic carbocycles. The maximum atomic E-state index is 12.5. The summed E-state index contributed by atoms with van der Waals surface area (Å²) in [7, 11) is 0. The van der Waals surface area contributed by atoms with Gasteiger partial charge in [0.1, 0.15) is 19.0 Å². The van der Waals surface area contributed by atoms with Crippen LogP contribution in [0.5, 0.6) is 0 Å². The van der Waals surface area contributed by atoms with Crippen LogP contribution in [-0.4, -0.2) is 40.1 Å². The van der Waals surface area contributed by atoms with Crippen LogP contribution in [0.15, 0.2) is 71.6 Å². The maximum Gasteiger partial charge on any atom is 0.330 e. The first-order chi connectivity index (χ1) is 13.4. The molecule has 2 heterocycles. The van der Waals surface area contributed by atoms with Crippen molar-refractivity contribution in [1.82, 2.24) is 4.98 Å². The van der Waals surface area contributed by atoms with E-state index in [1.807, 2.05) is 0 Å². The van der Waals surface area contributed by atoms with Crippen molar-refractivity contribution in [3.8, 4) is 0 Å². The Morgan fingerprint density at radius 1 is 1.07 bits per heavy atom. The molecule has 0 spiro atoms. The number of ketones is 1. The highest BCUT2D eigenvalue weighted by Gasteiger charge is 2.38. The third kappa shape index (κ3) is 3.61. The summed E-state index contributed by atoms with van der Waals surface area (Å²) in [6.07, 6.45) is 5.25. The average Bonchev–Trinajstić information content (AvgIpc) is 3.34. The molecule has 0 bridgehead atoms. The number of ether oxygens (including phenoxy) is 2.